The Morgan fingerprint density at radius 1 is 0.906 bits per heavy atom. The molecule has 32 heavy (non-hydrogen) atoms. The quantitative estimate of drug-likeness (QED) is 0.665. The first-order chi connectivity index (χ1) is 15.6. The van der Waals surface area contributed by atoms with Gasteiger partial charge in [-0.05, 0) is 74.3 Å². The Morgan fingerprint density at radius 3 is 2.25 bits per heavy atom. The molecule has 0 saturated carbocycles. The van der Waals surface area contributed by atoms with Crippen LogP contribution in [-0.4, -0.2) is 46.8 Å². The van der Waals surface area contributed by atoms with Crippen molar-refractivity contribution in [2.24, 2.45) is 0 Å². The number of carbonyl (C=O) groups is 1. The van der Waals surface area contributed by atoms with Crippen molar-refractivity contribution in [2.45, 2.75) is 31.1 Å². The lowest BCUT2D eigenvalue weighted by molar-refractivity contribution is 0.0788. The van der Waals surface area contributed by atoms with Crippen LogP contribution in [0.15, 0.2) is 54.7 Å². The maximum Gasteiger partial charge on any atom is 0.257 e. The predicted octanol–water partition coefficient (Wildman–Crippen LogP) is 4.25. The van der Waals surface area contributed by atoms with Gasteiger partial charge in [0.05, 0.1) is 23.1 Å². The van der Waals surface area contributed by atoms with Crippen LogP contribution in [0.25, 0.3) is 5.69 Å². The number of hydrogen-bond acceptors (Lipinski definition) is 3. The molecule has 1 atom stereocenters. The van der Waals surface area contributed by atoms with Crippen LogP contribution < -0.4 is 5.32 Å². The van der Waals surface area contributed by atoms with E-state index in [9.17, 15) is 13.6 Å². The van der Waals surface area contributed by atoms with E-state index >= 15 is 0 Å². The van der Waals surface area contributed by atoms with Gasteiger partial charge < -0.3 is 10.2 Å². The van der Waals surface area contributed by atoms with Crippen molar-refractivity contribution in [2.75, 3.05) is 26.2 Å². The second-order valence-electron chi connectivity index (χ2n) is 8.64. The molecule has 5 rings (SSSR count). The zero-order valence-corrected chi connectivity index (χ0v) is 17.8. The van der Waals surface area contributed by atoms with E-state index in [1.54, 1.807) is 35.1 Å². The predicted molar refractivity (Wildman–Crippen MR) is 118 cm³/mol. The van der Waals surface area contributed by atoms with Crippen LogP contribution in [0.2, 0.25) is 0 Å². The standard InChI is InChI=1S/C25H26F2N4O/c26-20-3-1-17(2-4-20)19-11-14-30(16-19)25(32)23-15-29-31(22-7-5-21(27)6-8-22)24(23)18-9-12-28-13-10-18/h1-8,15,18-19,28H,9-14,16H2. The molecule has 166 valence electrons. The van der Waals surface area contributed by atoms with E-state index in [-0.39, 0.29) is 29.4 Å². The Balaban J connectivity index is 1.44. The maximum atomic E-state index is 13.6. The molecule has 2 fully saturated rings. The summed E-state index contributed by atoms with van der Waals surface area (Å²) >= 11 is 0. The number of rotatable bonds is 4. The fourth-order valence-electron chi connectivity index (χ4n) is 4.92. The van der Waals surface area contributed by atoms with Crippen molar-refractivity contribution >= 4 is 5.91 Å². The van der Waals surface area contributed by atoms with Gasteiger partial charge in [-0.3, -0.25) is 4.79 Å². The SMILES string of the molecule is O=C(c1cnn(-c2ccc(F)cc2)c1C1CCNCC1)N1CCC(c2ccc(F)cc2)C1. The number of benzene rings is 2. The first-order valence-electron chi connectivity index (χ1n) is 11.2. The van der Waals surface area contributed by atoms with Gasteiger partial charge in [-0.15, -0.1) is 0 Å². The lowest BCUT2D eigenvalue weighted by Crippen LogP contribution is -2.32. The molecule has 0 bridgehead atoms. The van der Waals surface area contributed by atoms with Crippen LogP contribution in [0.4, 0.5) is 8.78 Å². The summed E-state index contributed by atoms with van der Waals surface area (Å²) in [7, 11) is 0. The number of nitrogens with zero attached hydrogens (tertiary/aromatic N) is 3. The van der Waals surface area contributed by atoms with Crippen molar-refractivity contribution in [1.82, 2.24) is 20.0 Å². The highest BCUT2D eigenvalue weighted by Gasteiger charge is 2.33. The Kier molecular flexibility index (Phi) is 5.74. The summed E-state index contributed by atoms with van der Waals surface area (Å²) in [5.74, 6) is -0.159. The van der Waals surface area contributed by atoms with Crippen LogP contribution >= 0.6 is 0 Å². The summed E-state index contributed by atoms with van der Waals surface area (Å²) in [6.07, 6.45) is 4.36. The summed E-state index contributed by atoms with van der Waals surface area (Å²) in [6, 6.07) is 12.8. The van der Waals surface area contributed by atoms with E-state index in [1.165, 1.54) is 24.3 Å². The molecule has 2 aliphatic rings. The molecule has 1 aromatic heterocycles. The van der Waals surface area contributed by atoms with E-state index in [0.717, 1.165) is 49.3 Å². The van der Waals surface area contributed by atoms with E-state index in [1.807, 2.05) is 4.90 Å². The molecular weight excluding hydrogens is 410 g/mol. The van der Waals surface area contributed by atoms with Crippen molar-refractivity contribution in [3.63, 3.8) is 0 Å². The smallest absolute Gasteiger partial charge is 0.257 e. The van der Waals surface area contributed by atoms with Crippen LogP contribution in [0.1, 0.15) is 52.7 Å². The van der Waals surface area contributed by atoms with Gasteiger partial charge in [0, 0.05) is 24.9 Å². The van der Waals surface area contributed by atoms with E-state index in [2.05, 4.69) is 10.4 Å². The molecule has 1 amide bonds. The number of piperidine rings is 1. The molecule has 0 radical (unpaired) electrons. The molecule has 0 aliphatic carbocycles. The fraction of sp³-hybridized carbons (Fsp3) is 0.360. The average molecular weight is 437 g/mol. The highest BCUT2D eigenvalue weighted by Crippen LogP contribution is 2.33. The minimum absolute atomic E-state index is 0.0171. The minimum atomic E-state index is -0.301. The third kappa shape index (κ3) is 4.05. The van der Waals surface area contributed by atoms with Gasteiger partial charge in [-0.1, -0.05) is 12.1 Å². The van der Waals surface area contributed by atoms with Crippen LogP contribution in [0.3, 0.4) is 0 Å². The van der Waals surface area contributed by atoms with Gasteiger partial charge in [-0.25, -0.2) is 13.5 Å². The van der Waals surface area contributed by atoms with Gasteiger partial charge >= 0.3 is 0 Å². The molecule has 1 unspecified atom stereocenters. The van der Waals surface area contributed by atoms with E-state index < -0.39 is 0 Å². The summed E-state index contributed by atoms with van der Waals surface area (Å²) in [6.45, 7) is 3.05. The van der Waals surface area contributed by atoms with Crippen molar-refractivity contribution < 1.29 is 13.6 Å². The summed E-state index contributed by atoms with van der Waals surface area (Å²) < 4.78 is 28.6. The number of halogens is 2. The lowest BCUT2D eigenvalue weighted by atomic mass is 9.91. The second-order valence-corrected chi connectivity index (χ2v) is 8.64. The average Bonchev–Trinajstić information content (AvgIpc) is 3.48. The van der Waals surface area contributed by atoms with Gasteiger partial charge in [0.15, 0.2) is 0 Å². The normalized spacial score (nSPS) is 19.4. The van der Waals surface area contributed by atoms with E-state index in [0.29, 0.717) is 18.7 Å². The molecule has 2 aliphatic heterocycles. The second kappa shape index (κ2) is 8.82. The molecule has 5 nitrogen and oxygen atoms in total. The minimum Gasteiger partial charge on any atom is -0.338 e. The topological polar surface area (TPSA) is 50.2 Å². The Bertz CT molecular complexity index is 1090. The zero-order chi connectivity index (χ0) is 22.1. The van der Waals surface area contributed by atoms with Gasteiger partial charge in [0.2, 0.25) is 0 Å². The molecule has 7 heteroatoms. The number of carbonyl (C=O) groups excluding carboxylic acids is 1. The molecule has 0 spiro atoms. The number of amides is 1. The number of nitrogens with one attached hydrogen (secondary N) is 1. The van der Waals surface area contributed by atoms with Crippen molar-refractivity contribution in [1.29, 1.82) is 0 Å². The summed E-state index contributed by atoms with van der Waals surface area (Å²) in [4.78, 5) is 15.5. The Hall–Kier alpha value is -3.06. The van der Waals surface area contributed by atoms with Crippen LogP contribution in [0.5, 0.6) is 0 Å². The molecule has 2 aromatic carbocycles. The monoisotopic (exact) mass is 436 g/mol. The Labute approximate surface area is 186 Å². The number of aromatic nitrogens is 2. The van der Waals surface area contributed by atoms with Crippen molar-refractivity contribution in [3.8, 4) is 5.69 Å². The highest BCUT2D eigenvalue weighted by molar-refractivity contribution is 5.95. The molecule has 1 N–H and O–H groups in total. The van der Waals surface area contributed by atoms with Crippen LogP contribution in [0, 0.1) is 11.6 Å². The van der Waals surface area contributed by atoms with E-state index in [4.69, 9.17) is 0 Å². The first kappa shape index (κ1) is 20.8. The van der Waals surface area contributed by atoms with Gasteiger partial charge in [0.1, 0.15) is 11.6 Å². The molecule has 2 saturated heterocycles. The van der Waals surface area contributed by atoms with Crippen molar-refractivity contribution in [3.05, 3.63) is 83.2 Å². The summed E-state index contributed by atoms with van der Waals surface area (Å²) in [5, 5.41) is 7.93. The lowest BCUT2D eigenvalue weighted by Gasteiger charge is -2.26. The number of likely N-dealkylation sites (tertiary alicyclic amines) is 1. The number of hydrogen-bond donors (Lipinski definition) is 1. The maximum absolute atomic E-state index is 13.6. The zero-order valence-electron chi connectivity index (χ0n) is 17.8. The molecule has 3 aromatic rings. The fourth-order valence-corrected chi connectivity index (χ4v) is 4.92. The van der Waals surface area contributed by atoms with Gasteiger partial charge in [0.25, 0.3) is 5.91 Å². The molecular formula is C25H26F2N4O. The first-order valence-corrected chi connectivity index (χ1v) is 11.2. The molecule has 3 heterocycles. The van der Waals surface area contributed by atoms with Crippen LogP contribution in [-0.2, 0) is 0 Å². The third-order valence-corrected chi connectivity index (χ3v) is 6.65. The largest absolute Gasteiger partial charge is 0.338 e. The third-order valence-electron chi connectivity index (χ3n) is 6.65. The summed E-state index contributed by atoms with van der Waals surface area (Å²) in [5.41, 5.74) is 3.35. The Morgan fingerprint density at radius 2 is 1.56 bits per heavy atom. The highest BCUT2D eigenvalue weighted by atomic mass is 19.1. The van der Waals surface area contributed by atoms with Gasteiger partial charge in [-0.2, -0.15) is 5.10 Å².